The van der Waals surface area contributed by atoms with E-state index in [1.54, 1.807) is 0 Å². The van der Waals surface area contributed by atoms with Gasteiger partial charge in [0.25, 0.3) is 5.91 Å². The van der Waals surface area contributed by atoms with Crippen LogP contribution in [0.15, 0.2) is 18.2 Å². The molecule has 25 heavy (non-hydrogen) atoms. The lowest BCUT2D eigenvalue weighted by Crippen LogP contribution is -2.53. The summed E-state index contributed by atoms with van der Waals surface area (Å²) in [7, 11) is 0. The van der Waals surface area contributed by atoms with Gasteiger partial charge in [0.05, 0.1) is 32.0 Å². The minimum absolute atomic E-state index is 0.0157. The van der Waals surface area contributed by atoms with E-state index >= 15 is 0 Å². The number of ether oxygens (including phenoxy) is 4. The fourth-order valence-electron chi connectivity index (χ4n) is 4.02. The second-order valence-corrected chi connectivity index (χ2v) is 6.68. The molecule has 4 rings (SSSR count). The van der Waals surface area contributed by atoms with Gasteiger partial charge in [0.2, 0.25) is 0 Å². The molecule has 6 nitrogen and oxygen atoms in total. The predicted octanol–water partition coefficient (Wildman–Crippen LogP) is 2.26. The molecule has 0 aromatic heterocycles. The van der Waals surface area contributed by atoms with Gasteiger partial charge >= 0.3 is 0 Å². The summed E-state index contributed by atoms with van der Waals surface area (Å²) in [5.41, 5.74) is 0.643. The van der Waals surface area contributed by atoms with Crippen LogP contribution < -0.4 is 9.47 Å². The Labute approximate surface area is 148 Å². The molecule has 3 atom stereocenters. The Hall–Kier alpha value is -1.79. The molecule has 1 aromatic carbocycles. The van der Waals surface area contributed by atoms with Crippen molar-refractivity contribution in [3.8, 4) is 11.5 Å². The van der Waals surface area contributed by atoms with Gasteiger partial charge < -0.3 is 23.8 Å². The van der Waals surface area contributed by atoms with Crippen molar-refractivity contribution in [3.05, 3.63) is 23.8 Å². The standard InChI is InChI=1S/C19H25NO5/c1-2-22-16-7-5-14-18(16)25-11-8-20(14)19(21)13-4-6-15-17(12-13)24-10-3-9-23-15/h4,6,12,14,16,18H,2-3,5,7-11H2,1H3/t14-,16+,18+/m0/s1. The molecule has 6 heteroatoms. The highest BCUT2D eigenvalue weighted by molar-refractivity contribution is 5.95. The summed E-state index contributed by atoms with van der Waals surface area (Å²) in [4.78, 5) is 15.1. The smallest absolute Gasteiger partial charge is 0.254 e. The Morgan fingerprint density at radius 3 is 2.88 bits per heavy atom. The van der Waals surface area contributed by atoms with Crippen LogP contribution in [0, 0.1) is 0 Å². The van der Waals surface area contributed by atoms with Gasteiger partial charge in [0.15, 0.2) is 11.5 Å². The molecule has 0 bridgehead atoms. The van der Waals surface area contributed by atoms with Gasteiger partial charge in [-0.1, -0.05) is 0 Å². The molecule has 1 aromatic rings. The number of nitrogens with zero attached hydrogens (tertiary/aromatic N) is 1. The minimum atomic E-state index is -0.0157. The monoisotopic (exact) mass is 347 g/mol. The summed E-state index contributed by atoms with van der Waals surface area (Å²) < 4.78 is 23.1. The zero-order chi connectivity index (χ0) is 17.2. The van der Waals surface area contributed by atoms with E-state index in [1.165, 1.54) is 0 Å². The van der Waals surface area contributed by atoms with Crippen LogP contribution in [0.3, 0.4) is 0 Å². The van der Waals surface area contributed by atoms with Gasteiger partial charge in [-0.15, -0.1) is 0 Å². The quantitative estimate of drug-likeness (QED) is 0.839. The summed E-state index contributed by atoms with van der Waals surface area (Å²) in [5.74, 6) is 1.41. The molecule has 0 N–H and O–H groups in total. The average molecular weight is 347 g/mol. The van der Waals surface area contributed by atoms with Crippen LogP contribution in [0.2, 0.25) is 0 Å². The first kappa shape index (κ1) is 16.7. The number of morpholine rings is 1. The van der Waals surface area contributed by atoms with Crippen LogP contribution in [0.1, 0.15) is 36.5 Å². The topological polar surface area (TPSA) is 57.2 Å². The predicted molar refractivity (Wildman–Crippen MR) is 91.3 cm³/mol. The number of hydrogen-bond acceptors (Lipinski definition) is 5. The van der Waals surface area contributed by atoms with Crippen molar-refractivity contribution >= 4 is 5.91 Å². The van der Waals surface area contributed by atoms with Gasteiger partial charge in [-0.05, 0) is 38.0 Å². The molecule has 0 unspecified atom stereocenters. The van der Waals surface area contributed by atoms with Crippen LogP contribution in [-0.2, 0) is 9.47 Å². The number of fused-ring (bicyclic) bond motifs is 2. The van der Waals surface area contributed by atoms with Crippen molar-refractivity contribution in [1.29, 1.82) is 0 Å². The Balaban J connectivity index is 1.53. The van der Waals surface area contributed by atoms with E-state index in [2.05, 4.69) is 0 Å². The summed E-state index contributed by atoms with van der Waals surface area (Å²) in [6, 6.07) is 5.56. The molecule has 1 aliphatic carbocycles. The normalized spacial score (nSPS) is 28.4. The van der Waals surface area contributed by atoms with Crippen molar-refractivity contribution in [2.45, 2.75) is 44.4 Å². The third-order valence-electron chi connectivity index (χ3n) is 5.17. The van der Waals surface area contributed by atoms with Crippen molar-refractivity contribution in [3.63, 3.8) is 0 Å². The molecule has 2 heterocycles. The van der Waals surface area contributed by atoms with Gasteiger partial charge in [-0.25, -0.2) is 0 Å². The van der Waals surface area contributed by atoms with E-state index in [0.29, 0.717) is 50.0 Å². The van der Waals surface area contributed by atoms with Crippen molar-refractivity contribution in [1.82, 2.24) is 4.90 Å². The molecular weight excluding hydrogens is 322 g/mol. The third-order valence-corrected chi connectivity index (χ3v) is 5.17. The molecule has 2 aliphatic heterocycles. The Kier molecular flexibility index (Phi) is 4.81. The van der Waals surface area contributed by atoms with Gasteiger partial charge in [-0.3, -0.25) is 4.79 Å². The lowest BCUT2D eigenvalue weighted by molar-refractivity contribution is -0.102. The maximum absolute atomic E-state index is 13.1. The van der Waals surface area contributed by atoms with E-state index in [9.17, 15) is 4.79 Å². The number of carbonyl (C=O) groups is 1. The van der Waals surface area contributed by atoms with E-state index in [0.717, 1.165) is 19.3 Å². The molecule has 3 aliphatic rings. The molecule has 1 saturated heterocycles. The van der Waals surface area contributed by atoms with Crippen LogP contribution in [0.4, 0.5) is 0 Å². The van der Waals surface area contributed by atoms with E-state index in [-0.39, 0.29) is 24.2 Å². The van der Waals surface area contributed by atoms with Gasteiger partial charge in [0.1, 0.15) is 6.10 Å². The highest BCUT2D eigenvalue weighted by Crippen LogP contribution is 2.35. The molecule has 136 valence electrons. The summed E-state index contributed by atoms with van der Waals surface area (Å²) in [6.07, 6.45) is 2.79. The van der Waals surface area contributed by atoms with Crippen molar-refractivity contribution in [2.75, 3.05) is 33.0 Å². The lowest BCUT2D eigenvalue weighted by atomic mass is 10.1. The largest absolute Gasteiger partial charge is 0.490 e. The zero-order valence-electron chi connectivity index (χ0n) is 14.6. The number of benzene rings is 1. The van der Waals surface area contributed by atoms with Crippen LogP contribution in [0.5, 0.6) is 11.5 Å². The fraction of sp³-hybridized carbons (Fsp3) is 0.632. The fourth-order valence-corrected chi connectivity index (χ4v) is 4.02. The van der Waals surface area contributed by atoms with Crippen LogP contribution in [0.25, 0.3) is 0 Å². The molecule has 0 spiro atoms. The second kappa shape index (κ2) is 7.22. The Morgan fingerprint density at radius 1 is 1.20 bits per heavy atom. The lowest BCUT2D eigenvalue weighted by Gasteiger charge is -2.39. The minimum Gasteiger partial charge on any atom is -0.490 e. The van der Waals surface area contributed by atoms with Gasteiger partial charge in [0, 0.05) is 25.1 Å². The van der Waals surface area contributed by atoms with Gasteiger partial charge in [-0.2, -0.15) is 0 Å². The van der Waals surface area contributed by atoms with Crippen LogP contribution in [-0.4, -0.2) is 62.0 Å². The summed E-state index contributed by atoms with van der Waals surface area (Å²) in [5, 5.41) is 0. The maximum Gasteiger partial charge on any atom is 0.254 e. The SMILES string of the molecule is CCO[C@@H]1CC[C@H]2[C@H]1OCCN2C(=O)c1ccc2c(c1)OCCCO2. The third kappa shape index (κ3) is 3.20. The number of hydrogen-bond donors (Lipinski definition) is 0. The van der Waals surface area contributed by atoms with Crippen molar-refractivity contribution in [2.24, 2.45) is 0 Å². The molecule has 1 amide bonds. The number of carbonyl (C=O) groups excluding carboxylic acids is 1. The van der Waals surface area contributed by atoms with Crippen molar-refractivity contribution < 1.29 is 23.7 Å². The first-order valence-corrected chi connectivity index (χ1v) is 9.21. The molecule has 0 radical (unpaired) electrons. The first-order valence-electron chi connectivity index (χ1n) is 9.21. The molecule has 1 saturated carbocycles. The summed E-state index contributed by atoms with van der Waals surface area (Å²) in [6.45, 7) is 5.10. The maximum atomic E-state index is 13.1. The average Bonchev–Trinajstić information content (AvgIpc) is 2.90. The van der Waals surface area contributed by atoms with Crippen LogP contribution >= 0.6 is 0 Å². The molecular formula is C19H25NO5. The highest BCUT2D eigenvalue weighted by Gasteiger charge is 2.45. The highest BCUT2D eigenvalue weighted by atomic mass is 16.5. The molecule has 2 fully saturated rings. The second-order valence-electron chi connectivity index (χ2n) is 6.68. The van der Waals surface area contributed by atoms with E-state index in [4.69, 9.17) is 18.9 Å². The summed E-state index contributed by atoms with van der Waals surface area (Å²) >= 11 is 0. The number of amides is 1. The first-order chi connectivity index (χ1) is 12.3. The Morgan fingerprint density at radius 2 is 2.04 bits per heavy atom. The zero-order valence-corrected chi connectivity index (χ0v) is 14.6. The van der Waals surface area contributed by atoms with E-state index in [1.807, 2.05) is 30.0 Å². The Bertz CT molecular complexity index is 634. The van der Waals surface area contributed by atoms with E-state index < -0.39 is 0 Å². The number of rotatable bonds is 3.